The maximum atomic E-state index is 15.0. The van der Waals surface area contributed by atoms with Gasteiger partial charge in [0.2, 0.25) is 11.8 Å². The van der Waals surface area contributed by atoms with Crippen LogP contribution in [-0.4, -0.2) is 72.7 Å². The maximum Gasteiger partial charge on any atom is 0.407 e. The fourth-order valence-electron chi connectivity index (χ4n) is 5.27. The molecule has 3 amide bonds. The number of alkyl carbamates (subject to hydrolysis) is 1. The van der Waals surface area contributed by atoms with Gasteiger partial charge in [0, 0.05) is 50.4 Å². The highest BCUT2D eigenvalue weighted by molar-refractivity contribution is 6.01. The Morgan fingerprint density at radius 3 is 2.36 bits per heavy atom. The fourth-order valence-corrected chi connectivity index (χ4v) is 5.27. The topological polar surface area (TPSA) is 103 Å². The van der Waals surface area contributed by atoms with Crippen molar-refractivity contribution in [1.29, 1.82) is 0 Å². The van der Waals surface area contributed by atoms with Gasteiger partial charge < -0.3 is 20.3 Å². The summed E-state index contributed by atoms with van der Waals surface area (Å²) in [5.41, 5.74) is 0.597. The Bertz CT molecular complexity index is 966. The average Bonchev–Trinajstić information content (AvgIpc) is 2.80. The number of anilines is 2. The van der Waals surface area contributed by atoms with Gasteiger partial charge in [-0.2, -0.15) is 0 Å². The number of piperidine rings is 1. The lowest BCUT2D eigenvalue weighted by Crippen LogP contribution is -2.52. The van der Waals surface area contributed by atoms with Crippen LogP contribution in [0.25, 0.3) is 0 Å². The Morgan fingerprint density at radius 1 is 1.06 bits per heavy atom. The third kappa shape index (κ3) is 6.87. The molecule has 1 aromatic carbocycles. The van der Waals surface area contributed by atoms with E-state index in [0.29, 0.717) is 23.8 Å². The number of carbonyl (C=O) groups excluding carboxylic acids is 3. The number of imide groups is 1. The molecule has 3 fully saturated rings. The van der Waals surface area contributed by atoms with Crippen LogP contribution in [0.2, 0.25) is 0 Å². The zero-order valence-corrected chi connectivity index (χ0v) is 21.4. The summed E-state index contributed by atoms with van der Waals surface area (Å²) in [5.74, 6) is -0.972. The van der Waals surface area contributed by atoms with E-state index in [9.17, 15) is 18.8 Å². The Kier molecular flexibility index (Phi) is 8.02. The van der Waals surface area contributed by atoms with Gasteiger partial charge in [-0.15, -0.1) is 0 Å². The number of rotatable bonds is 5. The van der Waals surface area contributed by atoms with Crippen LogP contribution in [0.4, 0.5) is 20.6 Å². The number of amides is 3. The van der Waals surface area contributed by atoms with Gasteiger partial charge in [0.15, 0.2) is 0 Å². The van der Waals surface area contributed by atoms with Gasteiger partial charge in [-0.25, -0.2) is 9.18 Å². The predicted molar refractivity (Wildman–Crippen MR) is 135 cm³/mol. The Morgan fingerprint density at radius 2 is 1.75 bits per heavy atom. The molecular weight excluding hydrogens is 465 g/mol. The van der Waals surface area contributed by atoms with Gasteiger partial charge in [0.25, 0.3) is 0 Å². The zero-order valence-electron chi connectivity index (χ0n) is 21.4. The molecule has 10 heteroatoms. The van der Waals surface area contributed by atoms with Crippen molar-refractivity contribution < 1.29 is 23.5 Å². The number of halogens is 1. The van der Waals surface area contributed by atoms with Crippen LogP contribution in [0, 0.1) is 5.82 Å². The molecule has 3 aliphatic rings. The molecule has 2 aliphatic heterocycles. The summed E-state index contributed by atoms with van der Waals surface area (Å²) in [5, 5.41) is 8.34. The molecule has 0 aromatic heterocycles. The van der Waals surface area contributed by atoms with Gasteiger partial charge in [0.05, 0.1) is 5.69 Å². The highest BCUT2D eigenvalue weighted by Gasteiger charge is 2.31. The zero-order chi connectivity index (χ0) is 25.9. The third-order valence-electron chi connectivity index (χ3n) is 7.12. The van der Waals surface area contributed by atoms with E-state index in [-0.39, 0.29) is 36.2 Å². The molecule has 1 atom stereocenters. The number of hydrogen-bond donors (Lipinski definition) is 3. The van der Waals surface area contributed by atoms with Crippen molar-refractivity contribution >= 4 is 29.3 Å². The maximum absolute atomic E-state index is 15.0. The van der Waals surface area contributed by atoms with Crippen molar-refractivity contribution in [3.05, 3.63) is 24.0 Å². The van der Waals surface area contributed by atoms with E-state index in [4.69, 9.17) is 4.74 Å². The van der Waals surface area contributed by atoms with Crippen LogP contribution in [0.1, 0.15) is 59.3 Å². The molecule has 0 radical (unpaired) electrons. The minimum atomic E-state index is -0.536. The molecular formula is C26H38FN5O4. The normalized spacial score (nSPS) is 25.8. The van der Waals surface area contributed by atoms with Gasteiger partial charge in [0.1, 0.15) is 17.5 Å². The van der Waals surface area contributed by atoms with Gasteiger partial charge in [-0.05, 0) is 71.1 Å². The van der Waals surface area contributed by atoms with E-state index in [0.717, 1.165) is 51.9 Å². The summed E-state index contributed by atoms with van der Waals surface area (Å²) >= 11 is 0. The summed E-state index contributed by atoms with van der Waals surface area (Å²) in [7, 11) is 0. The molecule has 1 aromatic rings. The first-order chi connectivity index (χ1) is 17.1. The molecule has 0 spiro atoms. The average molecular weight is 504 g/mol. The van der Waals surface area contributed by atoms with E-state index in [1.165, 1.54) is 6.07 Å². The second kappa shape index (κ2) is 11.0. The first kappa shape index (κ1) is 26.2. The van der Waals surface area contributed by atoms with E-state index < -0.39 is 11.6 Å². The molecule has 1 unspecified atom stereocenters. The molecule has 0 bridgehead atoms. The quantitative estimate of drug-likeness (QED) is 0.531. The third-order valence-corrected chi connectivity index (χ3v) is 7.12. The molecule has 9 nitrogen and oxygen atoms in total. The number of piperazine rings is 1. The standard InChI is InChI=1S/C26H38FN5O4/c1-26(2,3)36-25(35)29-17-4-7-19(8-5-17)31-12-14-32(15-13-31)22-10-6-18(16-20(22)27)28-21-9-11-23(33)30-24(21)34/h6,10,16-17,19,21,28H,4-5,7-9,11-15H2,1-3H3,(H,29,35)(H,30,33,34)/t17-,19-,21?. The number of nitrogens with zero attached hydrogens (tertiary/aromatic N) is 2. The summed E-state index contributed by atoms with van der Waals surface area (Å²) in [4.78, 5) is 39.9. The predicted octanol–water partition coefficient (Wildman–Crippen LogP) is 3.00. The highest BCUT2D eigenvalue weighted by atomic mass is 19.1. The Labute approximate surface area is 212 Å². The number of carbonyl (C=O) groups is 3. The Hall–Kier alpha value is -2.88. The number of benzene rings is 1. The lowest BCUT2D eigenvalue weighted by Gasteiger charge is -2.42. The van der Waals surface area contributed by atoms with Crippen LogP contribution in [0.3, 0.4) is 0 Å². The van der Waals surface area contributed by atoms with Gasteiger partial charge in [-0.3, -0.25) is 19.8 Å². The molecule has 2 heterocycles. The smallest absolute Gasteiger partial charge is 0.407 e. The van der Waals surface area contributed by atoms with Crippen LogP contribution in [0.5, 0.6) is 0 Å². The van der Waals surface area contributed by atoms with Crippen LogP contribution < -0.4 is 20.9 Å². The summed E-state index contributed by atoms with van der Waals surface area (Å²) in [6, 6.07) is 5.06. The van der Waals surface area contributed by atoms with Crippen molar-refractivity contribution in [3.63, 3.8) is 0 Å². The van der Waals surface area contributed by atoms with Gasteiger partial charge >= 0.3 is 6.09 Å². The van der Waals surface area contributed by atoms with E-state index in [1.54, 1.807) is 12.1 Å². The van der Waals surface area contributed by atoms with E-state index in [2.05, 4.69) is 25.8 Å². The number of hydrogen-bond acceptors (Lipinski definition) is 7. The van der Waals surface area contributed by atoms with Crippen LogP contribution in [0.15, 0.2) is 18.2 Å². The minimum Gasteiger partial charge on any atom is -0.444 e. The van der Waals surface area contributed by atoms with Crippen molar-refractivity contribution in [3.8, 4) is 0 Å². The number of ether oxygens (including phenoxy) is 1. The minimum absolute atomic E-state index is 0.152. The largest absolute Gasteiger partial charge is 0.444 e. The van der Waals surface area contributed by atoms with Gasteiger partial charge in [-0.1, -0.05) is 0 Å². The Balaban J connectivity index is 1.23. The van der Waals surface area contributed by atoms with Crippen LogP contribution in [-0.2, 0) is 14.3 Å². The molecule has 4 rings (SSSR count). The summed E-state index contributed by atoms with van der Waals surface area (Å²) < 4.78 is 20.3. The second-order valence-corrected chi connectivity index (χ2v) is 11.0. The van der Waals surface area contributed by atoms with Crippen molar-refractivity contribution in [2.75, 3.05) is 36.4 Å². The van der Waals surface area contributed by atoms with Crippen molar-refractivity contribution in [2.24, 2.45) is 0 Å². The fraction of sp³-hybridized carbons (Fsp3) is 0.654. The van der Waals surface area contributed by atoms with E-state index >= 15 is 0 Å². The van der Waals surface area contributed by atoms with E-state index in [1.807, 2.05) is 20.8 Å². The molecule has 1 saturated carbocycles. The highest BCUT2D eigenvalue weighted by Crippen LogP contribution is 2.28. The first-order valence-corrected chi connectivity index (χ1v) is 13.0. The van der Waals surface area contributed by atoms with Crippen LogP contribution >= 0.6 is 0 Å². The second-order valence-electron chi connectivity index (χ2n) is 11.0. The molecule has 2 saturated heterocycles. The lowest BCUT2D eigenvalue weighted by molar-refractivity contribution is -0.133. The molecule has 1 aliphatic carbocycles. The summed E-state index contributed by atoms with van der Waals surface area (Å²) in [6.07, 6.45) is 4.23. The monoisotopic (exact) mass is 503 g/mol. The number of nitrogens with one attached hydrogen (secondary N) is 3. The summed E-state index contributed by atoms with van der Waals surface area (Å²) in [6.45, 7) is 8.81. The molecule has 3 N–H and O–H groups in total. The van der Waals surface area contributed by atoms with Crippen molar-refractivity contribution in [2.45, 2.75) is 83.0 Å². The lowest BCUT2D eigenvalue weighted by atomic mass is 9.90. The SMILES string of the molecule is CC(C)(C)OC(=O)N[C@H]1CC[C@H](N2CCN(c3ccc(NC4CCC(=O)NC4=O)cc3F)CC2)CC1. The molecule has 198 valence electrons. The molecule has 36 heavy (non-hydrogen) atoms. The van der Waals surface area contributed by atoms with Crippen molar-refractivity contribution in [1.82, 2.24) is 15.5 Å². The first-order valence-electron chi connectivity index (χ1n) is 13.0.